The van der Waals surface area contributed by atoms with Gasteiger partial charge >= 0.3 is 6.18 Å². The molecule has 4 aromatic rings. The number of anilines is 1. The highest BCUT2D eigenvalue weighted by Crippen LogP contribution is 2.34. The molecule has 1 N–H and O–H groups in total. The van der Waals surface area contributed by atoms with E-state index >= 15 is 0 Å². The van der Waals surface area contributed by atoms with Gasteiger partial charge in [0.2, 0.25) is 11.8 Å². The fourth-order valence-electron chi connectivity index (χ4n) is 3.09. The van der Waals surface area contributed by atoms with Gasteiger partial charge in [0.05, 0.1) is 12.2 Å². The number of nitrogens with one attached hydrogen (secondary N) is 1. The van der Waals surface area contributed by atoms with E-state index in [-0.39, 0.29) is 25.0 Å². The first kappa shape index (κ1) is 24.1. The maximum Gasteiger partial charge on any atom is 0.416 e. The maximum absolute atomic E-state index is 13.3. The summed E-state index contributed by atoms with van der Waals surface area (Å²) >= 11 is 0. The summed E-state index contributed by atoms with van der Waals surface area (Å²) in [4.78, 5) is 20.7. The molecule has 0 saturated heterocycles. The summed E-state index contributed by atoms with van der Waals surface area (Å²) in [5.41, 5.74) is 1.15. The van der Waals surface area contributed by atoms with Gasteiger partial charge in [-0.2, -0.15) is 18.2 Å². The Morgan fingerprint density at radius 3 is 2.46 bits per heavy atom. The van der Waals surface area contributed by atoms with Crippen LogP contribution in [0.2, 0.25) is 0 Å². The molecule has 12 heteroatoms. The molecular weight excluding hydrogens is 465 g/mol. The maximum atomic E-state index is 13.3. The first-order chi connectivity index (χ1) is 16.9. The van der Waals surface area contributed by atoms with Crippen molar-refractivity contribution in [2.75, 3.05) is 32.2 Å². The van der Waals surface area contributed by atoms with Crippen LogP contribution < -0.4 is 14.8 Å². The highest BCUT2D eigenvalue weighted by atomic mass is 19.4. The van der Waals surface area contributed by atoms with Gasteiger partial charge in [0, 0.05) is 38.2 Å². The van der Waals surface area contributed by atoms with Crippen LogP contribution in [0.25, 0.3) is 11.2 Å². The second kappa shape index (κ2) is 10.9. The number of halogens is 3. The van der Waals surface area contributed by atoms with E-state index in [9.17, 15) is 13.2 Å². The number of rotatable bonds is 10. The third-order valence-electron chi connectivity index (χ3n) is 4.77. The van der Waals surface area contributed by atoms with Crippen molar-refractivity contribution in [3.05, 3.63) is 66.2 Å². The summed E-state index contributed by atoms with van der Waals surface area (Å²) in [7, 11) is 1.46. The lowest BCUT2D eigenvalue weighted by atomic mass is 10.1. The Labute approximate surface area is 198 Å². The summed E-state index contributed by atoms with van der Waals surface area (Å²) in [5, 5.41) is 3.21. The highest BCUT2D eigenvalue weighted by molar-refractivity contribution is 5.81. The molecular formula is C23H21F3N6O3. The number of ether oxygens (including phenoxy) is 3. The minimum absolute atomic E-state index is 0.0599. The van der Waals surface area contributed by atoms with E-state index in [2.05, 4.69) is 30.2 Å². The lowest BCUT2D eigenvalue weighted by molar-refractivity contribution is -0.137. The van der Waals surface area contributed by atoms with E-state index < -0.39 is 11.7 Å². The molecule has 35 heavy (non-hydrogen) atoms. The fraction of sp³-hybridized carbons (Fsp3) is 0.261. The average Bonchev–Trinajstić information content (AvgIpc) is 2.85. The minimum atomic E-state index is -4.57. The zero-order valence-corrected chi connectivity index (χ0v) is 18.6. The molecule has 4 rings (SSSR count). The molecule has 3 aromatic heterocycles. The van der Waals surface area contributed by atoms with Crippen LogP contribution in [-0.4, -0.2) is 51.8 Å². The smallest absolute Gasteiger partial charge is 0.416 e. The number of aromatic nitrogens is 5. The fourth-order valence-corrected chi connectivity index (χ4v) is 3.09. The number of hydrogen-bond donors (Lipinski definition) is 1. The molecule has 0 bridgehead atoms. The molecule has 0 radical (unpaired) electrons. The lowest BCUT2D eigenvalue weighted by Gasteiger charge is -2.13. The zero-order valence-electron chi connectivity index (χ0n) is 18.6. The van der Waals surface area contributed by atoms with Crippen molar-refractivity contribution in [2.45, 2.75) is 12.6 Å². The van der Waals surface area contributed by atoms with Crippen molar-refractivity contribution in [2.24, 2.45) is 0 Å². The number of nitrogens with zero attached hydrogens (tertiary/aromatic N) is 5. The van der Waals surface area contributed by atoms with Crippen LogP contribution >= 0.6 is 0 Å². The normalized spacial score (nSPS) is 11.4. The third kappa shape index (κ3) is 6.51. The Bertz CT molecular complexity index is 1270. The molecule has 0 atom stereocenters. The quantitative estimate of drug-likeness (QED) is 0.329. The molecule has 0 aliphatic rings. The predicted octanol–water partition coefficient (Wildman–Crippen LogP) is 4.31. The van der Waals surface area contributed by atoms with Crippen molar-refractivity contribution in [3.63, 3.8) is 0 Å². The monoisotopic (exact) mass is 486 g/mol. The molecule has 3 heterocycles. The van der Waals surface area contributed by atoms with Gasteiger partial charge in [-0.05, 0) is 24.1 Å². The second-order valence-electron chi connectivity index (χ2n) is 7.24. The number of pyridine rings is 1. The van der Waals surface area contributed by atoms with E-state index in [1.807, 2.05) is 12.1 Å². The lowest BCUT2D eigenvalue weighted by Crippen LogP contribution is -2.09. The minimum Gasteiger partial charge on any atom is -0.475 e. The SMILES string of the molecule is COCCOc1cc(C(F)(F)F)cc(Oc2ccc(CCNc3ncnc4nccnc34)cc2)n1. The van der Waals surface area contributed by atoms with Crippen molar-refractivity contribution < 1.29 is 27.4 Å². The van der Waals surface area contributed by atoms with Crippen LogP contribution in [0, 0.1) is 0 Å². The Balaban J connectivity index is 1.39. The van der Waals surface area contributed by atoms with Gasteiger partial charge < -0.3 is 19.5 Å². The molecule has 0 spiro atoms. The van der Waals surface area contributed by atoms with Crippen molar-refractivity contribution in [1.82, 2.24) is 24.9 Å². The van der Waals surface area contributed by atoms with Gasteiger partial charge in [-0.25, -0.2) is 19.9 Å². The van der Waals surface area contributed by atoms with E-state index in [4.69, 9.17) is 14.2 Å². The Morgan fingerprint density at radius 1 is 0.914 bits per heavy atom. The van der Waals surface area contributed by atoms with Gasteiger partial charge in [-0.15, -0.1) is 0 Å². The Hall–Kier alpha value is -4.06. The van der Waals surface area contributed by atoms with Crippen LogP contribution in [0.1, 0.15) is 11.1 Å². The molecule has 182 valence electrons. The number of benzene rings is 1. The molecule has 1 aromatic carbocycles. The summed E-state index contributed by atoms with van der Waals surface area (Å²) in [5.74, 6) is 0.505. The topological polar surface area (TPSA) is 104 Å². The van der Waals surface area contributed by atoms with Gasteiger partial charge in [0.15, 0.2) is 11.5 Å². The van der Waals surface area contributed by atoms with Crippen molar-refractivity contribution in [3.8, 4) is 17.5 Å². The second-order valence-corrected chi connectivity index (χ2v) is 7.24. The standard InChI is InChI=1S/C23H21F3N6O3/c1-33-10-11-34-18-12-16(23(24,25)26)13-19(32-18)35-17-4-2-15(3-5-17)6-7-28-21-20-22(31-14-30-21)29-9-8-27-20/h2-5,8-9,12-14H,6-7,10-11H2,1H3,(H,28,29,30,31). The summed E-state index contributed by atoms with van der Waals surface area (Å²) in [6.45, 7) is 0.843. The van der Waals surface area contributed by atoms with Crippen molar-refractivity contribution >= 4 is 17.0 Å². The van der Waals surface area contributed by atoms with E-state index in [1.54, 1.807) is 24.5 Å². The van der Waals surface area contributed by atoms with Gasteiger partial charge in [0.1, 0.15) is 24.2 Å². The first-order valence-corrected chi connectivity index (χ1v) is 10.6. The number of hydrogen-bond acceptors (Lipinski definition) is 9. The van der Waals surface area contributed by atoms with Crippen LogP contribution in [0.4, 0.5) is 19.0 Å². The summed E-state index contributed by atoms with van der Waals surface area (Å²) in [6, 6.07) is 8.61. The van der Waals surface area contributed by atoms with E-state index in [0.717, 1.165) is 17.7 Å². The summed E-state index contributed by atoms with van der Waals surface area (Å²) < 4.78 is 55.5. The Morgan fingerprint density at radius 2 is 1.69 bits per heavy atom. The van der Waals surface area contributed by atoms with Gasteiger partial charge in [-0.1, -0.05) is 12.1 Å². The largest absolute Gasteiger partial charge is 0.475 e. The molecule has 0 unspecified atom stereocenters. The van der Waals surface area contributed by atoms with Crippen molar-refractivity contribution in [1.29, 1.82) is 0 Å². The van der Waals surface area contributed by atoms with E-state index in [1.165, 1.54) is 13.4 Å². The Kier molecular flexibility index (Phi) is 7.51. The first-order valence-electron chi connectivity index (χ1n) is 10.6. The van der Waals surface area contributed by atoms with Gasteiger partial charge in [0.25, 0.3) is 0 Å². The van der Waals surface area contributed by atoms with Crippen LogP contribution in [-0.2, 0) is 17.3 Å². The number of alkyl halides is 3. The molecule has 0 aliphatic carbocycles. The predicted molar refractivity (Wildman–Crippen MR) is 120 cm³/mol. The molecule has 0 saturated carbocycles. The van der Waals surface area contributed by atoms with Crippen LogP contribution in [0.5, 0.6) is 17.5 Å². The molecule has 0 aliphatic heterocycles. The molecule has 9 nitrogen and oxygen atoms in total. The summed E-state index contributed by atoms with van der Waals surface area (Å²) in [6.07, 6.45) is 0.640. The zero-order chi connectivity index (χ0) is 24.7. The molecule has 0 fully saturated rings. The third-order valence-corrected chi connectivity index (χ3v) is 4.77. The number of fused-ring (bicyclic) bond motifs is 1. The molecule has 0 amide bonds. The van der Waals surface area contributed by atoms with Crippen LogP contribution in [0.15, 0.2) is 55.1 Å². The van der Waals surface area contributed by atoms with E-state index in [0.29, 0.717) is 35.7 Å². The highest BCUT2D eigenvalue weighted by Gasteiger charge is 2.32. The number of methoxy groups -OCH3 is 1. The van der Waals surface area contributed by atoms with Crippen LogP contribution in [0.3, 0.4) is 0 Å². The average molecular weight is 486 g/mol. The van der Waals surface area contributed by atoms with Gasteiger partial charge in [-0.3, -0.25) is 0 Å².